The Morgan fingerprint density at radius 3 is 3.08 bits per heavy atom. The lowest BCUT2D eigenvalue weighted by molar-refractivity contribution is 0.536. The van der Waals surface area contributed by atoms with E-state index < -0.39 is 0 Å². The number of aromatic nitrogens is 3. The fourth-order valence-electron chi connectivity index (χ4n) is 1.50. The van der Waals surface area contributed by atoms with E-state index >= 15 is 0 Å². The molecular formula is C10H13N3. The van der Waals surface area contributed by atoms with Crippen molar-refractivity contribution in [1.82, 2.24) is 14.8 Å². The van der Waals surface area contributed by atoms with Gasteiger partial charge < -0.3 is 0 Å². The van der Waals surface area contributed by atoms with Gasteiger partial charge in [-0.2, -0.15) is 5.10 Å². The number of nitrogens with zero attached hydrogens (tertiary/aromatic N) is 3. The van der Waals surface area contributed by atoms with Crippen LogP contribution in [0.25, 0.3) is 0 Å². The first-order valence-electron chi connectivity index (χ1n) is 4.61. The van der Waals surface area contributed by atoms with E-state index in [0.717, 1.165) is 12.8 Å². The maximum absolute atomic E-state index is 4.12. The lowest BCUT2D eigenvalue weighted by Gasteiger charge is -2.15. The summed E-state index contributed by atoms with van der Waals surface area (Å²) in [6, 6.07) is 0.359. The minimum atomic E-state index is 0.359. The van der Waals surface area contributed by atoms with Crippen molar-refractivity contribution in [2.24, 2.45) is 0 Å². The quantitative estimate of drug-likeness (QED) is 0.689. The fraction of sp³-hybridized carbons (Fsp3) is 0.400. The smallest absolute Gasteiger partial charge is 0.137 e. The Hall–Kier alpha value is -1.38. The summed E-state index contributed by atoms with van der Waals surface area (Å²) in [5.74, 6) is 0. The van der Waals surface area contributed by atoms with Crippen molar-refractivity contribution >= 4 is 0 Å². The SMILES string of the molecule is CCC1=CCC(n2cncn2)C=C1. The van der Waals surface area contributed by atoms with Crippen molar-refractivity contribution in [3.63, 3.8) is 0 Å². The number of hydrogen-bond donors (Lipinski definition) is 0. The molecule has 1 unspecified atom stereocenters. The van der Waals surface area contributed by atoms with Gasteiger partial charge in [-0.25, -0.2) is 9.67 Å². The molecule has 1 atom stereocenters. The molecule has 3 heteroatoms. The van der Waals surface area contributed by atoms with Crippen LogP contribution < -0.4 is 0 Å². The Morgan fingerprint density at radius 1 is 1.62 bits per heavy atom. The van der Waals surface area contributed by atoms with Gasteiger partial charge in [0, 0.05) is 0 Å². The van der Waals surface area contributed by atoms with Crippen molar-refractivity contribution in [3.8, 4) is 0 Å². The molecule has 0 radical (unpaired) electrons. The van der Waals surface area contributed by atoms with E-state index in [2.05, 4.69) is 35.2 Å². The first kappa shape index (κ1) is 8.23. The average Bonchev–Trinajstić information content (AvgIpc) is 2.71. The van der Waals surface area contributed by atoms with E-state index in [0.29, 0.717) is 6.04 Å². The Bertz CT molecular complexity index is 322. The molecule has 0 fully saturated rings. The molecule has 68 valence electrons. The van der Waals surface area contributed by atoms with Crippen molar-refractivity contribution in [2.75, 3.05) is 0 Å². The Morgan fingerprint density at radius 2 is 2.54 bits per heavy atom. The van der Waals surface area contributed by atoms with Crippen molar-refractivity contribution in [2.45, 2.75) is 25.8 Å². The van der Waals surface area contributed by atoms with Crippen LogP contribution in [0.4, 0.5) is 0 Å². The molecule has 1 aromatic heterocycles. The van der Waals surface area contributed by atoms with Crippen LogP contribution in [0.2, 0.25) is 0 Å². The highest BCUT2D eigenvalue weighted by Gasteiger charge is 2.09. The van der Waals surface area contributed by atoms with Crippen molar-refractivity contribution < 1.29 is 0 Å². The summed E-state index contributed by atoms with van der Waals surface area (Å²) in [7, 11) is 0. The van der Waals surface area contributed by atoms with Crippen LogP contribution in [0.15, 0.2) is 36.5 Å². The number of hydrogen-bond acceptors (Lipinski definition) is 2. The van der Waals surface area contributed by atoms with E-state index in [-0.39, 0.29) is 0 Å². The van der Waals surface area contributed by atoms with Gasteiger partial charge >= 0.3 is 0 Å². The van der Waals surface area contributed by atoms with E-state index in [1.807, 2.05) is 4.68 Å². The van der Waals surface area contributed by atoms with E-state index in [9.17, 15) is 0 Å². The van der Waals surface area contributed by atoms with Crippen LogP contribution >= 0.6 is 0 Å². The first-order valence-corrected chi connectivity index (χ1v) is 4.61. The molecule has 0 aliphatic heterocycles. The summed E-state index contributed by atoms with van der Waals surface area (Å²) in [4.78, 5) is 3.93. The summed E-state index contributed by atoms with van der Waals surface area (Å²) >= 11 is 0. The summed E-state index contributed by atoms with van der Waals surface area (Å²) in [5, 5.41) is 4.12. The second kappa shape index (κ2) is 3.56. The zero-order valence-corrected chi connectivity index (χ0v) is 7.72. The normalized spacial score (nSPS) is 21.6. The zero-order chi connectivity index (χ0) is 9.10. The summed E-state index contributed by atoms with van der Waals surface area (Å²) in [6.45, 7) is 2.17. The van der Waals surface area contributed by atoms with Crippen molar-refractivity contribution in [3.05, 3.63) is 36.5 Å². The molecule has 13 heavy (non-hydrogen) atoms. The van der Waals surface area contributed by atoms with E-state index in [4.69, 9.17) is 0 Å². The molecular weight excluding hydrogens is 162 g/mol. The molecule has 0 bridgehead atoms. The fourth-order valence-corrected chi connectivity index (χ4v) is 1.50. The van der Waals surface area contributed by atoms with Gasteiger partial charge in [0.05, 0.1) is 6.04 Å². The minimum Gasteiger partial charge on any atom is -0.246 e. The monoisotopic (exact) mass is 175 g/mol. The highest BCUT2D eigenvalue weighted by Crippen LogP contribution is 2.21. The van der Waals surface area contributed by atoms with E-state index in [1.165, 1.54) is 5.57 Å². The van der Waals surface area contributed by atoms with Crippen LogP contribution in [0.3, 0.4) is 0 Å². The van der Waals surface area contributed by atoms with Crippen LogP contribution in [-0.2, 0) is 0 Å². The second-order valence-corrected chi connectivity index (χ2v) is 3.17. The predicted octanol–water partition coefficient (Wildman–Crippen LogP) is 2.12. The third-order valence-electron chi connectivity index (χ3n) is 2.34. The Labute approximate surface area is 77.8 Å². The molecule has 0 aromatic carbocycles. The molecule has 1 aliphatic rings. The van der Waals surface area contributed by atoms with Crippen LogP contribution in [-0.4, -0.2) is 14.8 Å². The maximum atomic E-state index is 4.12. The summed E-state index contributed by atoms with van der Waals surface area (Å²) in [5.41, 5.74) is 1.41. The zero-order valence-electron chi connectivity index (χ0n) is 7.72. The largest absolute Gasteiger partial charge is 0.246 e. The Kier molecular flexibility index (Phi) is 2.25. The predicted molar refractivity (Wildman–Crippen MR) is 51.2 cm³/mol. The van der Waals surface area contributed by atoms with Gasteiger partial charge in [0.15, 0.2) is 0 Å². The summed E-state index contributed by atoms with van der Waals surface area (Å²) in [6.07, 6.45) is 12.1. The highest BCUT2D eigenvalue weighted by molar-refractivity contribution is 5.23. The first-order chi connectivity index (χ1) is 6.40. The lowest BCUT2D eigenvalue weighted by Crippen LogP contribution is -2.08. The molecule has 0 N–H and O–H groups in total. The van der Waals surface area contributed by atoms with Crippen LogP contribution in [0, 0.1) is 0 Å². The molecule has 1 aliphatic carbocycles. The van der Waals surface area contributed by atoms with E-state index in [1.54, 1.807) is 12.7 Å². The second-order valence-electron chi connectivity index (χ2n) is 3.17. The lowest BCUT2D eigenvalue weighted by atomic mass is 10.0. The third kappa shape index (κ3) is 1.69. The van der Waals surface area contributed by atoms with Gasteiger partial charge in [-0.05, 0) is 12.8 Å². The van der Waals surface area contributed by atoms with Crippen LogP contribution in [0.1, 0.15) is 25.8 Å². The number of allylic oxidation sites excluding steroid dienone is 4. The minimum absolute atomic E-state index is 0.359. The molecule has 1 heterocycles. The topological polar surface area (TPSA) is 30.7 Å². The molecule has 2 rings (SSSR count). The molecule has 0 saturated heterocycles. The van der Waals surface area contributed by atoms with Gasteiger partial charge in [-0.1, -0.05) is 30.7 Å². The Balaban J connectivity index is 2.09. The number of rotatable bonds is 2. The molecule has 3 nitrogen and oxygen atoms in total. The van der Waals surface area contributed by atoms with Gasteiger partial charge in [0.2, 0.25) is 0 Å². The van der Waals surface area contributed by atoms with Gasteiger partial charge in [0.1, 0.15) is 12.7 Å². The molecule has 0 amide bonds. The van der Waals surface area contributed by atoms with Gasteiger partial charge in [-0.3, -0.25) is 0 Å². The molecule has 0 saturated carbocycles. The summed E-state index contributed by atoms with van der Waals surface area (Å²) < 4.78 is 1.89. The van der Waals surface area contributed by atoms with Gasteiger partial charge in [-0.15, -0.1) is 0 Å². The third-order valence-corrected chi connectivity index (χ3v) is 2.34. The highest BCUT2D eigenvalue weighted by atomic mass is 15.3. The standard InChI is InChI=1S/C10H13N3/c1-2-9-3-5-10(6-4-9)13-8-11-7-12-13/h3-5,7-8,10H,2,6H2,1H3. The van der Waals surface area contributed by atoms with Crippen LogP contribution in [0.5, 0.6) is 0 Å². The molecule has 1 aromatic rings. The average molecular weight is 175 g/mol. The van der Waals surface area contributed by atoms with Crippen molar-refractivity contribution in [1.29, 1.82) is 0 Å². The maximum Gasteiger partial charge on any atom is 0.137 e. The molecule has 0 spiro atoms. The van der Waals surface area contributed by atoms with Gasteiger partial charge in [0.25, 0.3) is 0 Å².